The minimum absolute atomic E-state index is 0.175. The Morgan fingerprint density at radius 3 is 2.06 bits per heavy atom. The van der Waals surface area contributed by atoms with Crippen LogP contribution >= 0.6 is 0 Å². The fourth-order valence-electron chi connectivity index (χ4n) is 1.21. The Labute approximate surface area is 102 Å². The van der Waals surface area contributed by atoms with Gasteiger partial charge in [0.15, 0.2) is 0 Å². The van der Waals surface area contributed by atoms with Gasteiger partial charge in [0.05, 0.1) is 0 Å². The Hall–Kier alpha value is -1.26. The van der Waals surface area contributed by atoms with Gasteiger partial charge in [0.1, 0.15) is 11.1 Å². The third-order valence-corrected chi connectivity index (χ3v) is 2.29. The van der Waals surface area contributed by atoms with E-state index in [1.54, 1.807) is 34.6 Å². The largest absolute Gasteiger partial charge is 0.444 e. The van der Waals surface area contributed by atoms with Crippen LogP contribution in [0.2, 0.25) is 0 Å². The maximum absolute atomic E-state index is 11.8. The van der Waals surface area contributed by atoms with Gasteiger partial charge in [-0.1, -0.05) is 0 Å². The second-order valence-electron chi connectivity index (χ2n) is 6.00. The van der Waals surface area contributed by atoms with E-state index < -0.39 is 17.2 Å². The molecule has 98 valence electrons. The van der Waals surface area contributed by atoms with Crippen LogP contribution in [0.3, 0.4) is 0 Å². The predicted octanol–water partition coefficient (Wildman–Crippen LogP) is 1.57. The molecule has 0 radical (unpaired) electrons. The Kier molecular flexibility index (Phi) is 3.69. The van der Waals surface area contributed by atoms with E-state index in [2.05, 4.69) is 10.6 Å². The maximum Gasteiger partial charge on any atom is 0.408 e. The van der Waals surface area contributed by atoms with Gasteiger partial charge in [-0.15, -0.1) is 0 Å². The van der Waals surface area contributed by atoms with Crippen molar-refractivity contribution in [3.63, 3.8) is 0 Å². The van der Waals surface area contributed by atoms with Gasteiger partial charge >= 0.3 is 6.09 Å². The minimum atomic E-state index is -0.953. The molecule has 0 aromatic heterocycles. The van der Waals surface area contributed by atoms with E-state index >= 15 is 0 Å². The molecule has 0 aromatic carbocycles. The van der Waals surface area contributed by atoms with Gasteiger partial charge in [-0.05, 0) is 47.5 Å². The van der Waals surface area contributed by atoms with Crippen molar-refractivity contribution in [3.05, 3.63) is 0 Å². The van der Waals surface area contributed by atoms with Gasteiger partial charge in [-0.3, -0.25) is 4.79 Å². The smallest absolute Gasteiger partial charge is 0.408 e. The first-order valence-corrected chi connectivity index (χ1v) is 5.92. The molecule has 1 aliphatic rings. The number of rotatable bonds is 3. The minimum Gasteiger partial charge on any atom is -0.444 e. The average molecular weight is 242 g/mol. The van der Waals surface area contributed by atoms with Crippen LogP contribution in [0, 0.1) is 0 Å². The molecule has 2 amide bonds. The molecule has 1 fully saturated rings. The number of nitrogens with one attached hydrogen (secondary N) is 2. The number of carbonyl (C=O) groups excluding carboxylic acids is 2. The van der Waals surface area contributed by atoms with Gasteiger partial charge in [0.2, 0.25) is 5.91 Å². The van der Waals surface area contributed by atoms with Crippen molar-refractivity contribution in [1.29, 1.82) is 0 Å². The van der Waals surface area contributed by atoms with E-state index in [9.17, 15) is 9.59 Å². The molecule has 17 heavy (non-hydrogen) atoms. The highest BCUT2D eigenvalue weighted by Crippen LogP contribution is 2.20. The summed E-state index contributed by atoms with van der Waals surface area (Å²) in [6.07, 6.45) is 1.47. The normalized spacial score (nSPS) is 16.3. The van der Waals surface area contributed by atoms with E-state index in [0.29, 0.717) is 0 Å². The van der Waals surface area contributed by atoms with Crippen LogP contribution in [0.15, 0.2) is 0 Å². The highest BCUT2D eigenvalue weighted by Gasteiger charge is 2.34. The summed E-state index contributed by atoms with van der Waals surface area (Å²) in [7, 11) is 0. The molecule has 0 aliphatic heterocycles. The van der Waals surface area contributed by atoms with Gasteiger partial charge in [-0.25, -0.2) is 4.79 Å². The Morgan fingerprint density at radius 1 is 1.12 bits per heavy atom. The Balaban J connectivity index is 2.46. The van der Waals surface area contributed by atoms with Crippen LogP contribution in [-0.4, -0.2) is 29.2 Å². The van der Waals surface area contributed by atoms with Gasteiger partial charge < -0.3 is 15.4 Å². The fraction of sp³-hybridized carbons (Fsp3) is 0.833. The number of carbonyl (C=O) groups is 2. The summed E-state index contributed by atoms with van der Waals surface area (Å²) in [5, 5.41) is 5.43. The quantitative estimate of drug-likeness (QED) is 0.789. The number of ether oxygens (including phenoxy) is 1. The van der Waals surface area contributed by atoms with E-state index in [4.69, 9.17) is 4.74 Å². The summed E-state index contributed by atoms with van der Waals surface area (Å²) in [6, 6.07) is 0.280. The third-order valence-electron chi connectivity index (χ3n) is 2.29. The van der Waals surface area contributed by atoms with Crippen molar-refractivity contribution in [2.75, 3.05) is 0 Å². The Bertz CT molecular complexity index is 314. The van der Waals surface area contributed by atoms with Crippen molar-refractivity contribution >= 4 is 12.0 Å². The van der Waals surface area contributed by atoms with Crippen LogP contribution in [-0.2, 0) is 9.53 Å². The molecule has 1 saturated carbocycles. The molecule has 5 nitrogen and oxygen atoms in total. The number of alkyl carbamates (subject to hydrolysis) is 1. The summed E-state index contributed by atoms with van der Waals surface area (Å²) in [6.45, 7) is 8.67. The molecule has 2 N–H and O–H groups in total. The molecule has 0 heterocycles. The van der Waals surface area contributed by atoms with Gasteiger partial charge in [0.25, 0.3) is 0 Å². The molecule has 0 saturated heterocycles. The van der Waals surface area contributed by atoms with Crippen molar-refractivity contribution in [2.45, 2.75) is 64.6 Å². The Morgan fingerprint density at radius 2 is 1.65 bits per heavy atom. The van der Waals surface area contributed by atoms with Crippen LogP contribution in [0.4, 0.5) is 4.79 Å². The van der Waals surface area contributed by atoms with Crippen LogP contribution < -0.4 is 10.6 Å². The second kappa shape index (κ2) is 4.55. The van der Waals surface area contributed by atoms with Gasteiger partial charge in [-0.2, -0.15) is 0 Å². The van der Waals surface area contributed by atoms with Crippen LogP contribution in [0.1, 0.15) is 47.5 Å². The topological polar surface area (TPSA) is 67.4 Å². The molecule has 1 aliphatic carbocycles. The first-order chi connectivity index (χ1) is 7.60. The molecule has 0 aromatic rings. The van der Waals surface area contributed by atoms with E-state index in [-0.39, 0.29) is 11.9 Å². The lowest BCUT2D eigenvalue weighted by Crippen LogP contribution is -2.56. The van der Waals surface area contributed by atoms with E-state index in [1.807, 2.05) is 0 Å². The number of hydrogen-bond donors (Lipinski definition) is 2. The van der Waals surface area contributed by atoms with Crippen molar-refractivity contribution < 1.29 is 14.3 Å². The molecule has 1 rings (SSSR count). The third kappa shape index (κ3) is 5.06. The van der Waals surface area contributed by atoms with E-state index in [1.165, 1.54) is 0 Å². The number of hydrogen-bond acceptors (Lipinski definition) is 3. The lowest BCUT2D eigenvalue weighted by molar-refractivity contribution is -0.126. The summed E-state index contributed by atoms with van der Waals surface area (Å²) >= 11 is 0. The molecule has 0 bridgehead atoms. The monoisotopic (exact) mass is 242 g/mol. The highest BCUT2D eigenvalue weighted by atomic mass is 16.6. The summed E-state index contributed by atoms with van der Waals surface area (Å²) in [4.78, 5) is 23.4. The van der Waals surface area contributed by atoms with Crippen molar-refractivity contribution in [2.24, 2.45) is 0 Å². The lowest BCUT2D eigenvalue weighted by atomic mass is 10.1. The molecule has 0 atom stereocenters. The standard InChI is InChI=1S/C12H22N2O3/c1-11(2,3)17-10(16)14-12(4,5)9(15)13-8-6-7-8/h8H,6-7H2,1-5H3,(H,13,15)(H,14,16). The molecule has 0 spiro atoms. The summed E-state index contributed by atoms with van der Waals surface area (Å²) < 4.78 is 5.11. The van der Waals surface area contributed by atoms with Gasteiger partial charge in [0, 0.05) is 6.04 Å². The predicted molar refractivity (Wildman–Crippen MR) is 64.6 cm³/mol. The summed E-state index contributed by atoms with van der Waals surface area (Å²) in [5.74, 6) is -0.175. The number of amides is 2. The maximum atomic E-state index is 11.8. The zero-order valence-corrected chi connectivity index (χ0v) is 11.2. The zero-order chi connectivity index (χ0) is 13.3. The molecule has 5 heteroatoms. The first-order valence-electron chi connectivity index (χ1n) is 5.92. The van der Waals surface area contributed by atoms with E-state index in [0.717, 1.165) is 12.8 Å². The van der Waals surface area contributed by atoms with Crippen LogP contribution in [0.5, 0.6) is 0 Å². The zero-order valence-electron chi connectivity index (χ0n) is 11.2. The van der Waals surface area contributed by atoms with Crippen molar-refractivity contribution in [3.8, 4) is 0 Å². The first kappa shape index (κ1) is 13.8. The molecular formula is C12H22N2O3. The highest BCUT2D eigenvalue weighted by molar-refractivity contribution is 5.89. The molecular weight excluding hydrogens is 220 g/mol. The fourth-order valence-corrected chi connectivity index (χ4v) is 1.21. The van der Waals surface area contributed by atoms with Crippen molar-refractivity contribution in [1.82, 2.24) is 10.6 Å². The molecule has 0 unspecified atom stereocenters. The SMILES string of the molecule is CC(C)(C)OC(=O)NC(C)(C)C(=O)NC1CC1. The second-order valence-corrected chi connectivity index (χ2v) is 6.00. The lowest BCUT2D eigenvalue weighted by Gasteiger charge is -2.27. The average Bonchev–Trinajstić information content (AvgIpc) is 2.82. The summed E-state index contributed by atoms with van der Waals surface area (Å²) in [5.41, 5.74) is -1.52. The van der Waals surface area contributed by atoms with Crippen LogP contribution in [0.25, 0.3) is 0 Å².